The summed E-state index contributed by atoms with van der Waals surface area (Å²) in [6.07, 6.45) is 0. The number of rotatable bonds is 9. The second-order valence-electron chi connectivity index (χ2n) is 8.73. The summed E-state index contributed by atoms with van der Waals surface area (Å²) in [5.74, 6) is -1.51. The van der Waals surface area contributed by atoms with Gasteiger partial charge in [-0.05, 0) is 0 Å². The summed E-state index contributed by atoms with van der Waals surface area (Å²) in [6, 6.07) is 21.9. The normalized spacial score (nSPS) is 14.1. The van der Waals surface area contributed by atoms with Crippen LogP contribution in [-0.2, 0) is 9.63 Å². The number of benzene rings is 3. The second kappa shape index (κ2) is 11.6. The Kier molecular flexibility index (Phi) is 8.23. The molecule has 2 amide bonds. The van der Waals surface area contributed by atoms with Crippen molar-refractivity contribution < 1.29 is 24.3 Å². The van der Waals surface area contributed by atoms with Crippen molar-refractivity contribution in [3.63, 3.8) is 0 Å². The molecule has 0 aromatic heterocycles. The van der Waals surface area contributed by atoms with Crippen molar-refractivity contribution in [1.29, 1.82) is 0 Å². The summed E-state index contributed by atoms with van der Waals surface area (Å²) in [5, 5.41) is 13.5. The SMILES string of the molecule is CON(CCN(C)C)C(=O)c1ccc([AsH]C(=C2C(=O)Nc3cc(C(=O)O)ccc32)c2ccccc2)cc1. The Morgan fingerprint density at radius 3 is 2.22 bits per heavy atom. The third-order valence-corrected chi connectivity index (χ3v) is 8.88. The van der Waals surface area contributed by atoms with Crippen LogP contribution in [0.4, 0.5) is 5.69 Å². The number of carbonyl (C=O) groups is 3. The minimum atomic E-state index is -1.05. The van der Waals surface area contributed by atoms with Crippen LogP contribution in [0.25, 0.3) is 9.93 Å². The summed E-state index contributed by atoms with van der Waals surface area (Å²) in [6.45, 7) is 1.12. The summed E-state index contributed by atoms with van der Waals surface area (Å²) in [4.78, 5) is 44.7. The Morgan fingerprint density at radius 1 is 0.919 bits per heavy atom. The minimum absolute atomic E-state index is 0.119. The number of hydroxylamine groups is 2. The standard InChI is InChI=1S/C28H28AsN3O5/c1-31(2)15-16-32(37-3)27(34)19-9-12-21(13-10-19)29-25(18-7-5-4-6-8-18)24-22-14-11-20(28(35)36)17-23(22)30-26(24)33/h4-14,17,29H,15-16H2,1-3H3,(H,30,33)(H,35,36). The number of amides is 2. The van der Waals surface area contributed by atoms with Gasteiger partial charge >= 0.3 is 222 Å². The fourth-order valence-corrected chi connectivity index (χ4v) is 6.73. The molecule has 1 aliphatic heterocycles. The molecule has 0 bridgehead atoms. The van der Waals surface area contributed by atoms with Gasteiger partial charge in [-0.1, -0.05) is 0 Å². The zero-order chi connectivity index (χ0) is 26.5. The van der Waals surface area contributed by atoms with Crippen molar-refractivity contribution >= 4 is 53.5 Å². The van der Waals surface area contributed by atoms with Crippen LogP contribution in [0.3, 0.4) is 0 Å². The predicted octanol–water partition coefficient (Wildman–Crippen LogP) is 2.53. The van der Waals surface area contributed by atoms with Crippen molar-refractivity contribution in [2.75, 3.05) is 39.6 Å². The molecule has 9 heteroatoms. The van der Waals surface area contributed by atoms with E-state index in [-0.39, 0.29) is 17.4 Å². The van der Waals surface area contributed by atoms with Crippen LogP contribution in [0.2, 0.25) is 0 Å². The topological polar surface area (TPSA) is 99.2 Å². The third-order valence-electron chi connectivity index (χ3n) is 5.92. The Morgan fingerprint density at radius 2 is 1.59 bits per heavy atom. The van der Waals surface area contributed by atoms with Gasteiger partial charge in [-0.2, -0.15) is 0 Å². The molecule has 0 fully saturated rings. The van der Waals surface area contributed by atoms with E-state index in [1.54, 1.807) is 18.2 Å². The van der Waals surface area contributed by atoms with Gasteiger partial charge in [0.15, 0.2) is 0 Å². The van der Waals surface area contributed by atoms with Crippen LogP contribution in [0.1, 0.15) is 31.8 Å². The van der Waals surface area contributed by atoms with Crippen LogP contribution in [0.15, 0.2) is 72.8 Å². The van der Waals surface area contributed by atoms with Gasteiger partial charge in [0.05, 0.1) is 0 Å². The second-order valence-corrected chi connectivity index (χ2v) is 11.5. The Balaban J connectivity index is 1.67. The monoisotopic (exact) mass is 561 g/mol. The molecule has 1 atom stereocenters. The number of carboxylic acid groups (broad SMARTS) is 1. The van der Waals surface area contributed by atoms with Gasteiger partial charge in [0.2, 0.25) is 0 Å². The first-order valence-electron chi connectivity index (χ1n) is 11.6. The predicted molar refractivity (Wildman–Crippen MR) is 145 cm³/mol. The van der Waals surface area contributed by atoms with E-state index in [2.05, 4.69) is 5.32 Å². The molecule has 2 N–H and O–H groups in total. The van der Waals surface area contributed by atoms with Gasteiger partial charge in [0.1, 0.15) is 0 Å². The number of aromatic carboxylic acids is 1. The number of nitrogens with one attached hydrogen (secondary N) is 1. The van der Waals surface area contributed by atoms with E-state index in [4.69, 9.17) is 4.84 Å². The molecule has 3 aromatic rings. The third kappa shape index (κ3) is 6.00. The molecule has 1 aliphatic rings. The number of nitrogens with zero attached hydrogens (tertiary/aromatic N) is 2. The van der Waals surface area contributed by atoms with Gasteiger partial charge in [-0.3, -0.25) is 0 Å². The fourth-order valence-electron chi connectivity index (χ4n) is 3.99. The first kappa shape index (κ1) is 26.4. The zero-order valence-electron chi connectivity index (χ0n) is 20.8. The molecule has 8 nitrogen and oxygen atoms in total. The molecule has 37 heavy (non-hydrogen) atoms. The van der Waals surface area contributed by atoms with Crippen LogP contribution in [-0.4, -0.2) is 82.9 Å². The van der Waals surface area contributed by atoms with Crippen LogP contribution >= 0.6 is 0 Å². The van der Waals surface area contributed by atoms with E-state index in [1.165, 1.54) is 24.3 Å². The van der Waals surface area contributed by atoms with Crippen molar-refractivity contribution in [1.82, 2.24) is 9.96 Å². The summed E-state index contributed by atoms with van der Waals surface area (Å²) >= 11 is -1.01. The number of carbonyl (C=O) groups excluding carboxylic acids is 2. The number of anilines is 1. The summed E-state index contributed by atoms with van der Waals surface area (Å²) < 4.78 is 1.98. The Hall–Kier alpha value is -3.71. The molecule has 1 heterocycles. The molecule has 4 rings (SSSR count). The Labute approximate surface area is 222 Å². The van der Waals surface area contributed by atoms with Crippen molar-refractivity contribution in [2.24, 2.45) is 0 Å². The molecule has 1 unspecified atom stereocenters. The van der Waals surface area contributed by atoms with Gasteiger partial charge in [0.25, 0.3) is 0 Å². The summed E-state index contributed by atoms with van der Waals surface area (Å²) in [7, 11) is 5.35. The maximum absolute atomic E-state index is 13.1. The number of likely N-dealkylation sites (N-methyl/N-ethyl adjacent to an activating group) is 1. The van der Waals surface area contributed by atoms with Crippen LogP contribution in [0, 0.1) is 0 Å². The van der Waals surface area contributed by atoms with Crippen LogP contribution in [0.5, 0.6) is 0 Å². The average Bonchev–Trinajstić information content (AvgIpc) is 3.22. The molecule has 0 aliphatic carbocycles. The Bertz CT molecular complexity index is 1350. The molecule has 0 radical (unpaired) electrons. The molecular weight excluding hydrogens is 533 g/mol. The van der Waals surface area contributed by atoms with E-state index in [0.717, 1.165) is 14.3 Å². The van der Waals surface area contributed by atoms with Gasteiger partial charge < -0.3 is 0 Å². The molecular formula is C28H28AsN3O5. The van der Waals surface area contributed by atoms with Gasteiger partial charge in [-0.15, -0.1) is 0 Å². The number of hydrogen-bond acceptors (Lipinski definition) is 5. The fraction of sp³-hybridized carbons (Fsp3) is 0.179. The van der Waals surface area contributed by atoms with E-state index >= 15 is 0 Å². The number of fused-ring (bicyclic) bond motifs is 1. The van der Waals surface area contributed by atoms with E-state index in [9.17, 15) is 19.5 Å². The van der Waals surface area contributed by atoms with Crippen molar-refractivity contribution in [3.05, 3.63) is 95.1 Å². The van der Waals surface area contributed by atoms with Crippen molar-refractivity contribution in [3.8, 4) is 0 Å². The first-order chi connectivity index (χ1) is 17.8. The summed E-state index contributed by atoms with van der Waals surface area (Å²) in [5.41, 5.74) is 3.34. The zero-order valence-corrected chi connectivity index (χ0v) is 22.9. The molecule has 0 saturated carbocycles. The van der Waals surface area contributed by atoms with E-state index in [1.807, 2.05) is 61.5 Å². The first-order valence-corrected chi connectivity index (χ1v) is 13.7. The molecule has 3 aromatic carbocycles. The van der Waals surface area contributed by atoms with E-state index in [0.29, 0.717) is 35.5 Å². The number of carboxylic acids is 1. The van der Waals surface area contributed by atoms with Crippen LogP contribution < -0.4 is 9.67 Å². The van der Waals surface area contributed by atoms with Gasteiger partial charge in [0, 0.05) is 0 Å². The molecule has 190 valence electrons. The quantitative estimate of drug-likeness (QED) is 0.237. The maximum atomic E-state index is 13.1. The number of hydrogen-bond donors (Lipinski definition) is 2. The molecule has 0 spiro atoms. The van der Waals surface area contributed by atoms with E-state index < -0.39 is 21.7 Å². The molecule has 0 saturated heterocycles. The van der Waals surface area contributed by atoms with Crippen molar-refractivity contribution in [2.45, 2.75) is 0 Å². The van der Waals surface area contributed by atoms with Gasteiger partial charge in [-0.25, -0.2) is 0 Å². The average molecular weight is 561 g/mol.